The molecule has 0 fully saturated rings. The van der Waals surface area contributed by atoms with Crippen LogP contribution in [0.1, 0.15) is 79.0 Å². The van der Waals surface area contributed by atoms with Gasteiger partial charge in [0.1, 0.15) is 11.2 Å². The van der Waals surface area contributed by atoms with E-state index in [4.69, 9.17) is 4.42 Å². The number of nitrogens with zero attached hydrogens (tertiary/aromatic N) is 1. The number of hydrogen-bond acceptors (Lipinski definition) is 2. The summed E-state index contributed by atoms with van der Waals surface area (Å²) in [6.07, 6.45) is 0. The van der Waals surface area contributed by atoms with Gasteiger partial charge in [0.2, 0.25) is 0 Å². The average molecular weight is 858 g/mol. The van der Waals surface area contributed by atoms with Gasteiger partial charge in [0, 0.05) is 27.5 Å². The molecule has 0 radical (unpaired) electrons. The topological polar surface area (TPSA) is 16.4 Å². The minimum Gasteiger partial charge on any atom is -0.456 e. The van der Waals surface area contributed by atoms with Crippen molar-refractivity contribution in [3.05, 3.63) is 211 Å². The van der Waals surface area contributed by atoms with Crippen molar-refractivity contribution < 1.29 is 4.42 Å². The number of rotatable bonds is 7. The van der Waals surface area contributed by atoms with Crippen LogP contribution in [0.5, 0.6) is 0 Å². The lowest BCUT2D eigenvalue weighted by Gasteiger charge is -2.33. The predicted octanol–water partition coefficient (Wildman–Crippen LogP) is 18.8. The monoisotopic (exact) mass is 857 g/mol. The highest BCUT2D eigenvalue weighted by molar-refractivity contribution is 6.15. The quantitative estimate of drug-likeness (QED) is 0.159. The van der Waals surface area contributed by atoms with Crippen molar-refractivity contribution in [3.8, 4) is 44.5 Å². The molecule has 0 saturated heterocycles. The molecule has 326 valence electrons. The molecule has 1 aromatic heterocycles. The summed E-state index contributed by atoms with van der Waals surface area (Å²) in [6.45, 7) is 20.9. The Morgan fingerprint density at radius 3 is 1.44 bits per heavy atom. The Morgan fingerprint density at radius 2 is 0.818 bits per heavy atom. The van der Waals surface area contributed by atoms with E-state index in [-0.39, 0.29) is 16.2 Å². The first-order valence-electron chi connectivity index (χ1n) is 23.4. The summed E-state index contributed by atoms with van der Waals surface area (Å²) in [6, 6.07) is 71.7. The Morgan fingerprint density at radius 1 is 0.318 bits per heavy atom. The Hall–Kier alpha value is -7.16. The second-order valence-corrected chi connectivity index (χ2v) is 21.0. The van der Waals surface area contributed by atoms with E-state index in [1.807, 2.05) is 6.07 Å². The van der Waals surface area contributed by atoms with E-state index in [9.17, 15) is 0 Å². The fourth-order valence-corrected chi connectivity index (χ4v) is 9.68. The van der Waals surface area contributed by atoms with Crippen molar-refractivity contribution in [2.75, 3.05) is 4.90 Å². The first kappa shape index (κ1) is 42.8. The van der Waals surface area contributed by atoms with Gasteiger partial charge in [0.05, 0.1) is 17.1 Å². The largest absolute Gasteiger partial charge is 0.456 e. The normalized spacial score (nSPS) is 12.3. The average Bonchev–Trinajstić information content (AvgIpc) is 3.70. The van der Waals surface area contributed by atoms with Crippen LogP contribution in [0.15, 0.2) is 199 Å². The molecule has 0 saturated carbocycles. The molecule has 9 aromatic carbocycles. The van der Waals surface area contributed by atoms with Crippen LogP contribution in [-0.4, -0.2) is 0 Å². The maximum Gasteiger partial charge on any atom is 0.136 e. The van der Waals surface area contributed by atoms with Crippen molar-refractivity contribution in [1.29, 1.82) is 0 Å². The van der Waals surface area contributed by atoms with Gasteiger partial charge in [-0.1, -0.05) is 226 Å². The number of fused-ring (bicyclic) bond motifs is 4. The van der Waals surface area contributed by atoms with Crippen LogP contribution in [-0.2, 0) is 16.2 Å². The van der Waals surface area contributed by atoms with Crippen LogP contribution in [0.3, 0.4) is 0 Å². The lowest BCUT2D eigenvalue weighted by Crippen LogP contribution is -2.17. The molecule has 0 amide bonds. The van der Waals surface area contributed by atoms with Crippen LogP contribution in [0.4, 0.5) is 17.1 Å². The number of para-hydroxylation sites is 3. The molecule has 0 aliphatic carbocycles. The fraction of sp³-hybridized carbons (Fsp3) is 0.188. The van der Waals surface area contributed by atoms with E-state index in [0.29, 0.717) is 0 Å². The Kier molecular flexibility index (Phi) is 10.6. The van der Waals surface area contributed by atoms with Crippen LogP contribution in [0, 0.1) is 0 Å². The van der Waals surface area contributed by atoms with Gasteiger partial charge in [-0.15, -0.1) is 0 Å². The smallest absolute Gasteiger partial charge is 0.136 e. The van der Waals surface area contributed by atoms with Crippen molar-refractivity contribution >= 4 is 49.8 Å². The van der Waals surface area contributed by atoms with Crippen LogP contribution >= 0.6 is 0 Å². The number of furan rings is 1. The lowest BCUT2D eigenvalue weighted by atomic mass is 9.78. The van der Waals surface area contributed by atoms with E-state index in [1.54, 1.807) is 0 Å². The molecular weight excluding hydrogens is 799 g/mol. The summed E-state index contributed by atoms with van der Waals surface area (Å²) >= 11 is 0. The molecular formula is C64H59NO. The van der Waals surface area contributed by atoms with Crippen molar-refractivity contribution in [1.82, 2.24) is 0 Å². The second kappa shape index (κ2) is 16.4. The SMILES string of the molecule is CC(C)(C)c1cc(-c2cccc3cccc(-c4ccccc4N(c4cc(C(C)(C)C)ccc4-c4ccccc4)c4ccccc4-c4cccc5oc6ccccc6c45)c23)cc(C(C)(C)C)c1. The molecule has 0 unspecified atom stereocenters. The third-order valence-electron chi connectivity index (χ3n) is 13.3. The third-order valence-corrected chi connectivity index (χ3v) is 13.3. The highest BCUT2D eigenvalue weighted by atomic mass is 16.3. The van der Waals surface area contributed by atoms with Crippen LogP contribution in [0.25, 0.3) is 77.2 Å². The Bertz CT molecular complexity index is 3380. The maximum absolute atomic E-state index is 6.52. The molecule has 2 heteroatoms. The highest BCUT2D eigenvalue weighted by Crippen LogP contribution is 2.51. The third kappa shape index (κ3) is 7.79. The highest BCUT2D eigenvalue weighted by Gasteiger charge is 2.28. The summed E-state index contributed by atoms with van der Waals surface area (Å²) in [5.74, 6) is 0. The molecule has 0 bridgehead atoms. The molecule has 66 heavy (non-hydrogen) atoms. The van der Waals surface area contributed by atoms with Gasteiger partial charge >= 0.3 is 0 Å². The maximum atomic E-state index is 6.52. The molecule has 0 atom stereocenters. The Balaban J connectivity index is 1.31. The Labute approximate surface area is 391 Å². The van der Waals surface area contributed by atoms with Gasteiger partial charge in [-0.3, -0.25) is 0 Å². The predicted molar refractivity (Wildman–Crippen MR) is 284 cm³/mol. The first-order valence-corrected chi connectivity index (χ1v) is 23.4. The molecule has 0 aliphatic rings. The summed E-state index contributed by atoms with van der Waals surface area (Å²) in [4.78, 5) is 2.54. The van der Waals surface area contributed by atoms with E-state index in [0.717, 1.165) is 66.8 Å². The first-order chi connectivity index (χ1) is 31.6. The number of hydrogen-bond donors (Lipinski definition) is 0. The van der Waals surface area contributed by atoms with Crippen LogP contribution < -0.4 is 4.90 Å². The summed E-state index contributed by atoms with van der Waals surface area (Å²) in [5, 5.41) is 4.68. The van der Waals surface area contributed by atoms with Crippen LogP contribution in [0.2, 0.25) is 0 Å². The molecule has 2 nitrogen and oxygen atoms in total. The minimum absolute atomic E-state index is 0.0188. The van der Waals surface area contributed by atoms with E-state index in [1.165, 1.54) is 44.2 Å². The second-order valence-electron chi connectivity index (χ2n) is 21.0. The number of anilines is 3. The van der Waals surface area contributed by atoms with Gasteiger partial charge in [-0.2, -0.15) is 0 Å². The van der Waals surface area contributed by atoms with E-state index in [2.05, 4.69) is 255 Å². The molecule has 0 N–H and O–H groups in total. The molecule has 0 aliphatic heterocycles. The summed E-state index contributed by atoms with van der Waals surface area (Å²) < 4.78 is 6.52. The van der Waals surface area contributed by atoms with Crippen molar-refractivity contribution in [2.45, 2.75) is 78.6 Å². The minimum atomic E-state index is -0.103. The van der Waals surface area contributed by atoms with Gasteiger partial charge in [0.25, 0.3) is 0 Å². The van der Waals surface area contributed by atoms with Gasteiger partial charge in [-0.05, 0) is 102 Å². The summed E-state index contributed by atoms with van der Waals surface area (Å²) in [7, 11) is 0. The van der Waals surface area contributed by atoms with E-state index >= 15 is 0 Å². The van der Waals surface area contributed by atoms with Crippen molar-refractivity contribution in [2.24, 2.45) is 0 Å². The zero-order valence-corrected chi connectivity index (χ0v) is 39.8. The molecule has 0 spiro atoms. The van der Waals surface area contributed by atoms with Gasteiger partial charge in [0.15, 0.2) is 0 Å². The van der Waals surface area contributed by atoms with Gasteiger partial charge < -0.3 is 9.32 Å². The summed E-state index contributed by atoms with van der Waals surface area (Å²) in [5.41, 5.74) is 18.3. The van der Waals surface area contributed by atoms with Crippen molar-refractivity contribution in [3.63, 3.8) is 0 Å². The fourth-order valence-electron chi connectivity index (χ4n) is 9.68. The molecule has 10 aromatic rings. The lowest BCUT2D eigenvalue weighted by molar-refractivity contribution is 0.569. The van der Waals surface area contributed by atoms with Gasteiger partial charge in [-0.25, -0.2) is 0 Å². The standard InChI is InChI=1S/C64H59NO/c1-62(2,3)45-36-37-48(42-22-11-10-12-23-42)57(41-45)65(56-33-17-14-27-51(56)53-31-21-35-59-61(53)54-28-15-18-34-58(54)66-59)55-32-16-13-26-50(55)52-30-20-25-43-24-19-29-49(60(43)52)44-38-46(63(4,5)6)40-47(39-44)64(7,8)9/h10-41H,1-9H3. The zero-order chi connectivity index (χ0) is 46.0. The molecule has 1 heterocycles. The number of benzene rings is 9. The van der Waals surface area contributed by atoms with E-state index < -0.39 is 0 Å². The molecule has 10 rings (SSSR count). The zero-order valence-electron chi connectivity index (χ0n) is 39.8.